The van der Waals surface area contributed by atoms with E-state index in [9.17, 15) is 0 Å². The quantitative estimate of drug-likeness (QED) is 0.832. The standard InChI is InChI=1S/C14H18N2O/c1-17-13-6-2-5-11-12(9-16-14(11)13)10-4-3-7-15-8-10/h2,5-6,9-10,15-16H,3-4,7-8H2,1H3. The van der Waals surface area contributed by atoms with Crippen molar-refractivity contribution in [3.8, 4) is 5.75 Å². The third-order valence-electron chi connectivity index (χ3n) is 3.67. The maximum atomic E-state index is 5.38. The van der Waals surface area contributed by atoms with Crippen molar-refractivity contribution in [3.05, 3.63) is 30.0 Å². The van der Waals surface area contributed by atoms with Crippen LogP contribution in [0.4, 0.5) is 0 Å². The molecule has 1 fully saturated rings. The van der Waals surface area contributed by atoms with Crippen molar-refractivity contribution in [2.24, 2.45) is 0 Å². The first-order valence-corrected chi connectivity index (χ1v) is 6.25. The number of benzene rings is 1. The average Bonchev–Trinajstić information content (AvgIpc) is 2.83. The first-order valence-electron chi connectivity index (χ1n) is 6.25. The van der Waals surface area contributed by atoms with Crippen molar-refractivity contribution in [1.82, 2.24) is 10.3 Å². The molecule has 1 saturated heterocycles. The molecule has 1 aliphatic rings. The van der Waals surface area contributed by atoms with Gasteiger partial charge in [-0.2, -0.15) is 0 Å². The Kier molecular flexibility index (Phi) is 2.77. The van der Waals surface area contributed by atoms with E-state index in [0.29, 0.717) is 5.92 Å². The molecule has 3 heteroatoms. The number of hydrogen-bond acceptors (Lipinski definition) is 2. The summed E-state index contributed by atoms with van der Waals surface area (Å²) < 4.78 is 5.38. The molecule has 17 heavy (non-hydrogen) atoms. The summed E-state index contributed by atoms with van der Waals surface area (Å²) in [6.07, 6.45) is 4.68. The number of aromatic nitrogens is 1. The topological polar surface area (TPSA) is 37.0 Å². The largest absolute Gasteiger partial charge is 0.495 e. The Morgan fingerprint density at radius 3 is 3.06 bits per heavy atom. The Balaban J connectivity index is 2.05. The minimum absolute atomic E-state index is 0.629. The van der Waals surface area contributed by atoms with Crippen LogP contribution in [-0.2, 0) is 0 Å². The van der Waals surface area contributed by atoms with Crippen LogP contribution in [0.2, 0.25) is 0 Å². The van der Waals surface area contributed by atoms with Crippen molar-refractivity contribution < 1.29 is 4.74 Å². The van der Waals surface area contributed by atoms with E-state index in [-0.39, 0.29) is 0 Å². The van der Waals surface area contributed by atoms with Crippen LogP contribution >= 0.6 is 0 Å². The van der Waals surface area contributed by atoms with Crippen molar-refractivity contribution in [2.75, 3.05) is 20.2 Å². The Bertz CT molecular complexity index is 512. The number of nitrogens with one attached hydrogen (secondary N) is 2. The number of ether oxygens (including phenoxy) is 1. The molecule has 1 aliphatic heterocycles. The van der Waals surface area contributed by atoms with Crippen LogP contribution in [0.3, 0.4) is 0 Å². The normalized spacial score (nSPS) is 20.6. The lowest BCUT2D eigenvalue weighted by Crippen LogP contribution is -2.28. The van der Waals surface area contributed by atoms with Crippen LogP contribution in [-0.4, -0.2) is 25.2 Å². The molecule has 1 unspecified atom stereocenters. The Labute approximate surface area is 101 Å². The fraction of sp³-hybridized carbons (Fsp3) is 0.429. The highest BCUT2D eigenvalue weighted by Gasteiger charge is 2.19. The van der Waals surface area contributed by atoms with Gasteiger partial charge in [-0.3, -0.25) is 0 Å². The second-order valence-corrected chi connectivity index (χ2v) is 4.67. The molecular weight excluding hydrogens is 212 g/mol. The Hall–Kier alpha value is -1.48. The summed E-state index contributed by atoms with van der Waals surface area (Å²) in [6.45, 7) is 2.24. The summed E-state index contributed by atoms with van der Waals surface area (Å²) in [5.41, 5.74) is 2.54. The fourth-order valence-corrected chi connectivity index (χ4v) is 2.77. The Morgan fingerprint density at radius 2 is 2.29 bits per heavy atom. The van der Waals surface area contributed by atoms with Gasteiger partial charge < -0.3 is 15.0 Å². The molecule has 1 aromatic heterocycles. The second kappa shape index (κ2) is 4.41. The molecule has 2 aromatic rings. The van der Waals surface area contributed by atoms with E-state index in [1.54, 1.807) is 7.11 Å². The van der Waals surface area contributed by atoms with Crippen LogP contribution in [0, 0.1) is 0 Å². The lowest BCUT2D eigenvalue weighted by molar-refractivity contribution is 0.419. The summed E-state index contributed by atoms with van der Waals surface area (Å²) in [5, 5.41) is 4.78. The summed E-state index contributed by atoms with van der Waals surface area (Å²) >= 11 is 0. The molecule has 0 aliphatic carbocycles. The van der Waals surface area contributed by atoms with Gasteiger partial charge in [0.1, 0.15) is 5.75 Å². The van der Waals surface area contributed by atoms with Gasteiger partial charge in [-0.25, -0.2) is 0 Å². The highest BCUT2D eigenvalue weighted by Crippen LogP contribution is 2.33. The predicted octanol–water partition coefficient (Wildman–Crippen LogP) is 2.64. The molecule has 0 bridgehead atoms. The first-order chi connectivity index (χ1) is 8.40. The number of piperidine rings is 1. The van der Waals surface area contributed by atoms with Gasteiger partial charge in [0, 0.05) is 18.1 Å². The second-order valence-electron chi connectivity index (χ2n) is 4.67. The van der Waals surface area contributed by atoms with E-state index in [4.69, 9.17) is 4.74 Å². The van der Waals surface area contributed by atoms with E-state index in [0.717, 1.165) is 24.4 Å². The van der Waals surface area contributed by atoms with E-state index in [1.165, 1.54) is 23.8 Å². The molecule has 0 spiro atoms. The Morgan fingerprint density at radius 1 is 1.35 bits per heavy atom. The maximum Gasteiger partial charge on any atom is 0.142 e. The van der Waals surface area contributed by atoms with Gasteiger partial charge in [-0.05, 0) is 36.9 Å². The van der Waals surface area contributed by atoms with Crippen LogP contribution in [0.5, 0.6) is 5.75 Å². The fourth-order valence-electron chi connectivity index (χ4n) is 2.77. The zero-order chi connectivity index (χ0) is 11.7. The maximum absolute atomic E-state index is 5.38. The molecule has 0 radical (unpaired) electrons. The minimum Gasteiger partial charge on any atom is -0.495 e. The van der Waals surface area contributed by atoms with Crippen molar-refractivity contribution in [2.45, 2.75) is 18.8 Å². The van der Waals surface area contributed by atoms with Crippen LogP contribution < -0.4 is 10.1 Å². The van der Waals surface area contributed by atoms with Gasteiger partial charge in [-0.15, -0.1) is 0 Å². The van der Waals surface area contributed by atoms with Gasteiger partial charge >= 0.3 is 0 Å². The summed E-state index contributed by atoms with van der Waals surface area (Å²) in [4.78, 5) is 3.35. The zero-order valence-corrected chi connectivity index (χ0v) is 10.1. The molecule has 3 nitrogen and oxygen atoms in total. The third kappa shape index (κ3) is 1.80. The third-order valence-corrected chi connectivity index (χ3v) is 3.67. The number of methoxy groups -OCH3 is 1. The zero-order valence-electron chi connectivity index (χ0n) is 10.1. The molecule has 2 N–H and O–H groups in total. The number of para-hydroxylation sites is 1. The lowest BCUT2D eigenvalue weighted by atomic mass is 9.91. The highest BCUT2D eigenvalue weighted by atomic mass is 16.5. The van der Waals surface area contributed by atoms with Crippen molar-refractivity contribution in [3.63, 3.8) is 0 Å². The highest BCUT2D eigenvalue weighted by molar-refractivity contribution is 5.88. The van der Waals surface area contributed by atoms with Gasteiger partial charge in [0.15, 0.2) is 0 Å². The van der Waals surface area contributed by atoms with E-state index < -0.39 is 0 Å². The lowest BCUT2D eigenvalue weighted by Gasteiger charge is -2.22. The summed E-state index contributed by atoms with van der Waals surface area (Å²) in [5.74, 6) is 1.56. The van der Waals surface area contributed by atoms with Crippen LogP contribution in [0.1, 0.15) is 24.3 Å². The molecule has 2 heterocycles. The summed E-state index contributed by atoms with van der Waals surface area (Å²) in [6, 6.07) is 6.24. The van der Waals surface area contributed by atoms with E-state index >= 15 is 0 Å². The molecule has 3 rings (SSSR count). The molecular formula is C14H18N2O. The van der Waals surface area contributed by atoms with E-state index in [1.807, 2.05) is 6.07 Å². The van der Waals surface area contributed by atoms with Crippen molar-refractivity contribution >= 4 is 10.9 Å². The number of hydrogen-bond donors (Lipinski definition) is 2. The number of aromatic amines is 1. The minimum atomic E-state index is 0.629. The molecule has 1 atom stereocenters. The van der Waals surface area contributed by atoms with Gasteiger partial charge in [0.05, 0.1) is 12.6 Å². The molecule has 90 valence electrons. The molecule has 1 aromatic carbocycles. The first kappa shape index (κ1) is 10.7. The smallest absolute Gasteiger partial charge is 0.142 e. The summed E-state index contributed by atoms with van der Waals surface area (Å²) in [7, 11) is 1.72. The van der Waals surface area contributed by atoms with Gasteiger partial charge in [0.25, 0.3) is 0 Å². The molecule has 0 saturated carbocycles. The van der Waals surface area contributed by atoms with Gasteiger partial charge in [0.2, 0.25) is 0 Å². The van der Waals surface area contributed by atoms with Crippen molar-refractivity contribution in [1.29, 1.82) is 0 Å². The average molecular weight is 230 g/mol. The van der Waals surface area contributed by atoms with Gasteiger partial charge in [-0.1, -0.05) is 12.1 Å². The molecule has 0 amide bonds. The van der Waals surface area contributed by atoms with Crippen LogP contribution in [0.25, 0.3) is 10.9 Å². The van der Waals surface area contributed by atoms with E-state index in [2.05, 4.69) is 28.6 Å². The predicted molar refractivity (Wildman–Crippen MR) is 69.7 cm³/mol. The number of H-pyrrole nitrogens is 1. The number of rotatable bonds is 2. The van der Waals surface area contributed by atoms with Crippen LogP contribution in [0.15, 0.2) is 24.4 Å². The SMILES string of the molecule is COc1cccc2c(C3CCCNC3)c[nH]c12. The number of fused-ring (bicyclic) bond motifs is 1. The monoisotopic (exact) mass is 230 g/mol.